The van der Waals surface area contributed by atoms with Gasteiger partial charge in [-0.15, -0.1) is 11.3 Å². The molecule has 2 N–H and O–H groups in total. The molecule has 0 radical (unpaired) electrons. The Morgan fingerprint density at radius 3 is 2.82 bits per heavy atom. The molecule has 1 aromatic heterocycles. The van der Waals surface area contributed by atoms with E-state index in [9.17, 15) is 4.79 Å². The Bertz CT molecular complexity index is 637. The normalized spacial score (nSPS) is 14.0. The minimum absolute atomic E-state index is 0.0556. The Kier molecular flexibility index (Phi) is 5.08. The van der Waals surface area contributed by atoms with E-state index in [1.54, 1.807) is 11.3 Å². The fourth-order valence-electron chi connectivity index (χ4n) is 2.06. The van der Waals surface area contributed by atoms with E-state index in [1.165, 1.54) is 12.8 Å². The number of aromatic nitrogens is 1. The van der Waals surface area contributed by atoms with Crippen molar-refractivity contribution in [1.82, 2.24) is 15.6 Å². The van der Waals surface area contributed by atoms with E-state index in [0.29, 0.717) is 19.1 Å². The van der Waals surface area contributed by atoms with Gasteiger partial charge in [0.15, 0.2) is 0 Å². The van der Waals surface area contributed by atoms with E-state index in [-0.39, 0.29) is 5.91 Å². The maximum atomic E-state index is 11.6. The van der Waals surface area contributed by atoms with Crippen LogP contribution in [-0.2, 0) is 11.2 Å². The number of amides is 1. The second-order valence-corrected chi connectivity index (χ2v) is 6.70. The summed E-state index contributed by atoms with van der Waals surface area (Å²) in [5.41, 5.74) is 2.07. The summed E-state index contributed by atoms with van der Waals surface area (Å²) in [5, 5.41) is 9.86. The summed E-state index contributed by atoms with van der Waals surface area (Å²) in [6.07, 6.45) is 3.14. The number of carbonyl (C=O) groups excluding carboxylic acids is 1. The van der Waals surface area contributed by atoms with Crippen molar-refractivity contribution in [3.05, 3.63) is 40.4 Å². The van der Waals surface area contributed by atoms with Crippen molar-refractivity contribution in [1.29, 1.82) is 0 Å². The smallest absolute Gasteiger partial charge is 0.233 e. The van der Waals surface area contributed by atoms with E-state index >= 15 is 0 Å². The fourth-order valence-corrected chi connectivity index (χ4v) is 3.05. The summed E-state index contributed by atoms with van der Waals surface area (Å²) in [7, 11) is 0. The topological polar surface area (TPSA) is 54.0 Å². The number of nitrogens with one attached hydrogen (secondary N) is 2. The molecule has 1 aromatic carbocycles. The van der Waals surface area contributed by atoms with Crippen molar-refractivity contribution in [3.8, 4) is 10.6 Å². The molecule has 1 heterocycles. The number of rotatable bonds is 7. The molecule has 1 saturated carbocycles. The number of thiazole rings is 1. The second-order valence-electron chi connectivity index (χ2n) is 5.41. The molecule has 0 saturated heterocycles. The predicted octanol–water partition coefficient (Wildman–Crippen LogP) is 2.87. The van der Waals surface area contributed by atoms with Gasteiger partial charge >= 0.3 is 0 Å². The summed E-state index contributed by atoms with van der Waals surface area (Å²) in [6.45, 7) is 1.03. The molecule has 3 rings (SSSR count). The first-order valence-corrected chi connectivity index (χ1v) is 8.67. The molecule has 116 valence electrons. The number of hydrogen-bond donors (Lipinski definition) is 2. The Morgan fingerprint density at radius 1 is 1.32 bits per heavy atom. The highest BCUT2D eigenvalue weighted by Crippen LogP contribution is 2.25. The average Bonchev–Trinajstić information content (AvgIpc) is 3.24. The number of nitrogens with zero attached hydrogens (tertiary/aromatic N) is 1. The summed E-state index contributed by atoms with van der Waals surface area (Å²) < 4.78 is 0. The van der Waals surface area contributed by atoms with Gasteiger partial charge < -0.3 is 10.6 Å². The van der Waals surface area contributed by atoms with Crippen LogP contribution in [0.1, 0.15) is 18.5 Å². The molecule has 1 fully saturated rings. The highest BCUT2D eigenvalue weighted by molar-refractivity contribution is 7.13. The molecule has 2 aromatic rings. The van der Waals surface area contributed by atoms with Gasteiger partial charge in [0.05, 0.1) is 12.2 Å². The Hall–Kier alpha value is -1.43. The standard InChI is InChI=1S/C16H18ClN3OS/c17-12-3-1-11(2-4-12)16-20-14(10-22-16)7-8-18-15(21)9-19-13-5-6-13/h1-4,10,13,19H,5-9H2,(H,18,21). The van der Waals surface area contributed by atoms with Crippen molar-refractivity contribution < 1.29 is 4.79 Å². The zero-order valence-corrected chi connectivity index (χ0v) is 13.7. The lowest BCUT2D eigenvalue weighted by Gasteiger charge is -2.04. The minimum atomic E-state index is 0.0556. The summed E-state index contributed by atoms with van der Waals surface area (Å²) in [5.74, 6) is 0.0556. The highest BCUT2D eigenvalue weighted by Gasteiger charge is 2.20. The van der Waals surface area contributed by atoms with Gasteiger partial charge in [0.2, 0.25) is 5.91 Å². The largest absolute Gasteiger partial charge is 0.355 e. The van der Waals surface area contributed by atoms with E-state index in [0.717, 1.165) is 27.7 Å². The van der Waals surface area contributed by atoms with E-state index in [4.69, 9.17) is 11.6 Å². The van der Waals surface area contributed by atoms with Crippen molar-refractivity contribution >= 4 is 28.8 Å². The maximum absolute atomic E-state index is 11.6. The van der Waals surface area contributed by atoms with Crippen LogP contribution in [0, 0.1) is 0 Å². The quantitative estimate of drug-likeness (QED) is 0.818. The lowest BCUT2D eigenvalue weighted by molar-refractivity contribution is -0.120. The first-order valence-electron chi connectivity index (χ1n) is 7.41. The highest BCUT2D eigenvalue weighted by atomic mass is 35.5. The molecule has 0 unspecified atom stereocenters. The molecule has 22 heavy (non-hydrogen) atoms. The molecule has 0 atom stereocenters. The van der Waals surface area contributed by atoms with Gasteiger partial charge in [-0.2, -0.15) is 0 Å². The molecule has 6 heteroatoms. The third kappa shape index (κ3) is 4.53. The zero-order chi connectivity index (χ0) is 15.4. The number of benzene rings is 1. The molecule has 0 aliphatic heterocycles. The molecule has 1 aliphatic rings. The zero-order valence-electron chi connectivity index (χ0n) is 12.1. The molecule has 0 spiro atoms. The van der Waals surface area contributed by atoms with Crippen LogP contribution in [0.5, 0.6) is 0 Å². The van der Waals surface area contributed by atoms with Crippen LogP contribution in [0.25, 0.3) is 10.6 Å². The van der Waals surface area contributed by atoms with Gasteiger partial charge in [0.25, 0.3) is 0 Å². The summed E-state index contributed by atoms with van der Waals surface area (Å²) >= 11 is 7.50. The van der Waals surface area contributed by atoms with Gasteiger partial charge in [-0.3, -0.25) is 4.79 Å². The lowest BCUT2D eigenvalue weighted by Crippen LogP contribution is -2.35. The van der Waals surface area contributed by atoms with Crippen molar-refractivity contribution in [3.63, 3.8) is 0 Å². The number of carbonyl (C=O) groups is 1. The van der Waals surface area contributed by atoms with Crippen LogP contribution in [-0.4, -0.2) is 30.0 Å². The van der Waals surface area contributed by atoms with Gasteiger partial charge in [-0.05, 0) is 25.0 Å². The Balaban J connectivity index is 1.45. The van der Waals surface area contributed by atoms with Gasteiger partial charge in [0, 0.05) is 35.0 Å². The first kappa shape index (κ1) is 15.5. The Morgan fingerprint density at radius 2 is 2.09 bits per heavy atom. The van der Waals surface area contributed by atoms with Crippen molar-refractivity contribution in [2.75, 3.05) is 13.1 Å². The van der Waals surface area contributed by atoms with Crippen LogP contribution < -0.4 is 10.6 Å². The molecule has 0 bridgehead atoms. The molecular weight excluding hydrogens is 318 g/mol. The van der Waals surface area contributed by atoms with Gasteiger partial charge in [-0.25, -0.2) is 4.98 Å². The van der Waals surface area contributed by atoms with Crippen molar-refractivity contribution in [2.45, 2.75) is 25.3 Å². The molecule has 1 aliphatic carbocycles. The first-order chi connectivity index (χ1) is 10.7. The molecule has 1 amide bonds. The van der Waals surface area contributed by atoms with E-state index in [2.05, 4.69) is 15.6 Å². The van der Waals surface area contributed by atoms with Crippen molar-refractivity contribution in [2.24, 2.45) is 0 Å². The predicted molar refractivity (Wildman–Crippen MR) is 90.3 cm³/mol. The summed E-state index contributed by atoms with van der Waals surface area (Å²) in [6, 6.07) is 8.23. The van der Waals surface area contributed by atoms with Crippen LogP contribution in [0.3, 0.4) is 0 Å². The van der Waals surface area contributed by atoms with Crippen LogP contribution in [0.2, 0.25) is 5.02 Å². The number of hydrogen-bond acceptors (Lipinski definition) is 4. The third-order valence-corrected chi connectivity index (χ3v) is 4.67. The fraction of sp³-hybridized carbons (Fsp3) is 0.375. The third-order valence-electron chi connectivity index (χ3n) is 3.47. The SMILES string of the molecule is O=C(CNC1CC1)NCCc1csc(-c2ccc(Cl)cc2)n1. The Labute approximate surface area is 138 Å². The van der Waals surface area contributed by atoms with Gasteiger partial charge in [-0.1, -0.05) is 23.7 Å². The lowest BCUT2D eigenvalue weighted by atomic mass is 10.2. The number of halogens is 1. The van der Waals surface area contributed by atoms with E-state index in [1.807, 2.05) is 29.6 Å². The maximum Gasteiger partial charge on any atom is 0.233 e. The van der Waals surface area contributed by atoms with Crippen LogP contribution >= 0.6 is 22.9 Å². The summed E-state index contributed by atoms with van der Waals surface area (Å²) in [4.78, 5) is 16.2. The van der Waals surface area contributed by atoms with Crippen LogP contribution in [0.15, 0.2) is 29.6 Å². The van der Waals surface area contributed by atoms with Gasteiger partial charge in [0.1, 0.15) is 5.01 Å². The second kappa shape index (κ2) is 7.22. The minimum Gasteiger partial charge on any atom is -0.355 e. The molecular formula is C16H18ClN3OS. The average molecular weight is 336 g/mol. The molecule has 4 nitrogen and oxygen atoms in total. The van der Waals surface area contributed by atoms with Crippen LogP contribution in [0.4, 0.5) is 0 Å². The van der Waals surface area contributed by atoms with E-state index < -0.39 is 0 Å². The monoisotopic (exact) mass is 335 g/mol.